The van der Waals surface area contributed by atoms with Gasteiger partial charge in [0.2, 0.25) is 0 Å². The van der Waals surface area contributed by atoms with Gasteiger partial charge in [0.05, 0.1) is 17.4 Å². The van der Waals surface area contributed by atoms with Crippen LogP contribution in [0.5, 0.6) is 0 Å². The van der Waals surface area contributed by atoms with E-state index in [1.165, 1.54) is 30.3 Å². The second-order valence-corrected chi connectivity index (χ2v) is 9.02. The Morgan fingerprint density at radius 2 is 1.54 bits per heavy atom. The smallest absolute Gasteiger partial charge is 0.305 e. The van der Waals surface area contributed by atoms with Gasteiger partial charge in [-0.3, -0.25) is 29.3 Å². The minimum absolute atomic E-state index is 0.0643. The number of carbonyl (C=O) groups is 4. The fraction of sp³-hybridized carbons (Fsp3) is 0.185. The topological polar surface area (TPSA) is 150 Å². The summed E-state index contributed by atoms with van der Waals surface area (Å²) in [6.07, 6.45) is -2.43. The maximum Gasteiger partial charge on any atom is 0.305 e. The SMILES string of the molecule is O=C(O)CC(NC(=O)C1N(C(=O)c2cccc(F)c2)CCN1C(=O)c1ccc(F)c(F)c1)c1cccc([N+](=O)[O-])c1. The lowest BCUT2D eigenvalue weighted by Crippen LogP contribution is -2.54. The molecule has 4 rings (SSSR count). The molecule has 3 aromatic rings. The molecule has 0 radical (unpaired) electrons. The molecular weight excluding hydrogens is 549 g/mol. The van der Waals surface area contributed by atoms with Crippen LogP contribution in [0, 0.1) is 27.6 Å². The third-order valence-corrected chi connectivity index (χ3v) is 6.35. The summed E-state index contributed by atoms with van der Waals surface area (Å²) in [4.78, 5) is 64.3. The number of amides is 3. The highest BCUT2D eigenvalue weighted by atomic mass is 19.2. The molecule has 0 bridgehead atoms. The number of carboxylic acids is 1. The third-order valence-electron chi connectivity index (χ3n) is 6.35. The van der Waals surface area contributed by atoms with Gasteiger partial charge in [0.25, 0.3) is 23.4 Å². The summed E-state index contributed by atoms with van der Waals surface area (Å²) in [7, 11) is 0. The van der Waals surface area contributed by atoms with Crippen LogP contribution in [0.4, 0.5) is 18.9 Å². The number of rotatable bonds is 8. The van der Waals surface area contributed by atoms with Gasteiger partial charge < -0.3 is 20.2 Å². The van der Waals surface area contributed by atoms with E-state index in [-0.39, 0.29) is 35.5 Å². The molecule has 1 saturated heterocycles. The molecule has 1 aliphatic heterocycles. The first-order chi connectivity index (χ1) is 19.5. The van der Waals surface area contributed by atoms with E-state index in [0.717, 1.165) is 34.1 Å². The quantitative estimate of drug-likeness (QED) is 0.312. The molecule has 41 heavy (non-hydrogen) atoms. The number of carbonyl (C=O) groups excluding carboxylic acids is 3. The Balaban J connectivity index is 1.72. The highest BCUT2D eigenvalue weighted by molar-refractivity contribution is 6.02. The Kier molecular flexibility index (Phi) is 8.31. The maximum atomic E-state index is 13.9. The molecule has 0 saturated carbocycles. The van der Waals surface area contributed by atoms with Gasteiger partial charge >= 0.3 is 5.97 Å². The van der Waals surface area contributed by atoms with Crippen molar-refractivity contribution in [3.63, 3.8) is 0 Å². The largest absolute Gasteiger partial charge is 0.481 e. The van der Waals surface area contributed by atoms with Gasteiger partial charge in [-0.1, -0.05) is 18.2 Å². The summed E-state index contributed by atoms with van der Waals surface area (Å²) in [6.45, 7) is -0.458. The summed E-state index contributed by atoms with van der Waals surface area (Å²) < 4.78 is 41.2. The van der Waals surface area contributed by atoms with Crippen LogP contribution in [0.1, 0.15) is 38.7 Å². The van der Waals surface area contributed by atoms with E-state index in [4.69, 9.17) is 0 Å². The number of aliphatic carboxylic acids is 1. The Hall–Kier alpha value is -5.27. The van der Waals surface area contributed by atoms with Crippen molar-refractivity contribution in [1.82, 2.24) is 15.1 Å². The predicted octanol–water partition coefficient (Wildman–Crippen LogP) is 3.27. The van der Waals surface area contributed by atoms with Crippen LogP contribution < -0.4 is 5.32 Å². The van der Waals surface area contributed by atoms with Crippen LogP contribution in [0.3, 0.4) is 0 Å². The number of non-ortho nitro benzene ring substituents is 1. The molecule has 212 valence electrons. The van der Waals surface area contributed by atoms with Crippen molar-refractivity contribution in [2.45, 2.75) is 18.6 Å². The molecule has 2 unspecified atom stereocenters. The van der Waals surface area contributed by atoms with E-state index in [1.54, 1.807) is 0 Å². The van der Waals surface area contributed by atoms with Gasteiger partial charge in [0.1, 0.15) is 5.82 Å². The number of carboxylic acid groups (broad SMARTS) is 1. The molecule has 0 aromatic heterocycles. The highest BCUT2D eigenvalue weighted by Crippen LogP contribution is 2.26. The molecule has 1 aliphatic rings. The van der Waals surface area contributed by atoms with E-state index in [0.29, 0.717) is 12.1 Å². The van der Waals surface area contributed by atoms with Crippen molar-refractivity contribution in [3.8, 4) is 0 Å². The fourth-order valence-corrected chi connectivity index (χ4v) is 4.45. The summed E-state index contributed by atoms with van der Waals surface area (Å²) in [6, 6.07) is 10.5. The molecule has 0 aliphatic carbocycles. The van der Waals surface area contributed by atoms with Gasteiger partial charge in [-0.25, -0.2) is 13.2 Å². The average molecular weight is 570 g/mol. The van der Waals surface area contributed by atoms with Crippen molar-refractivity contribution in [3.05, 3.63) is 111 Å². The van der Waals surface area contributed by atoms with Crippen LogP contribution in [0.2, 0.25) is 0 Å². The van der Waals surface area contributed by atoms with Gasteiger partial charge in [-0.05, 0) is 42.0 Å². The second kappa shape index (κ2) is 11.9. The van der Waals surface area contributed by atoms with Gasteiger partial charge in [0, 0.05) is 36.3 Å². The number of hydrogen-bond donors (Lipinski definition) is 2. The molecule has 3 amide bonds. The Labute approximate surface area is 229 Å². The number of hydrogen-bond acceptors (Lipinski definition) is 6. The van der Waals surface area contributed by atoms with Crippen molar-refractivity contribution in [2.75, 3.05) is 13.1 Å². The zero-order chi connectivity index (χ0) is 29.8. The zero-order valence-corrected chi connectivity index (χ0v) is 21.0. The molecule has 14 heteroatoms. The first-order valence-corrected chi connectivity index (χ1v) is 12.1. The van der Waals surface area contributed by atoms with E-state index in [9.17, 15) is 47.6 Å². The molecule has 1 heterocycles. The molecule has 1 fully saturated rings. The fourth-order valence-electron chi connectivity index (χ4n) is 4.45. The minimum Gasteiger partial charge on any atom is -0.481 e. The second-order valence-electron chi connectivity index (χ2n) is 9.02. The summed E-state index contributed by atoms with van der Waals surface area (Å²) in [5.41, 5.74) is -0.784. The van der Waals surface area contributed by atoms with Crippen molar-refractivity contribution in [2.24, 2.45) is 0 Å². The monoisotopic (exact) mass is 570 g/mol. The molecule has 2 atom stereocenters. The molecule has 0 spiro atoms. The van der Waals surface area contributed by atoms with Crippen LogP contribution in [-0.4, -0.2) is 62.8 Å². The number of nitrogens with one attached hydrogen (secondary N) is 1. The summed E-state index contributed by atoms with van der Waals surface area (Å²) in [5.74, 6) is -7.46. The third kappa shape index (κ3) is 6.32. The van der Waals surface area contributed by atoms with Crippen molar-refractivity contribution < 1.29 is 42.4 Å². The minimum atomic E-state index is -1.72. The number of nitro benzene ring substituents is 1. The number of halogens is 3. The standard InChI is InChI=1S/C27H21F3N4O7/c28-18-5-1-4-16(11-18)26(38)32-9-10-33(27(39)17-7-8-20(29)21(30)13-17)25(32)24(37)31-22(14-23(35)36)15-3-2-6-19(12-15)34(40)41/h1-8,11-13,22,25H,9-10,14H2,(H,31,37)(H,35,36). The number of nitro groups is 1. The Morgan fingerprint density at radius 1 is 0.902 bits per heavy atom. The number of nitrogens with zero attached hydrogens (tertiary/aromatic N) is 3. The predicted molar refractivity (Wildman–Crippen MR) is 135 cm³/mol. The first-order valence-electron chi connectivity index (χ1n) is 12.1. The molecule has 3 aromatic carbocycles. The van der Waals surface area contributed by atoms with Gasteiger partial charge in [-0.15, -0.1) is 0 Å². The van der Waals surface area contributed by atoms with E-state index in [1.807, 2.05) is 0 Å². The van der Waals surface area contributed by atoms with Gasteiger partial charge in [-0.2, -0.15) is 0 Å². The average Bonchev–Trinajstić information content (AvgIpc) is 3.38. The summed E-state index contributed by atoms with van der Waals surface area (Å²) in [5, 5.41) is 23.1. The Morgan fingerprint density at radius 3 is 2.12 bits per heavy atom. The summed E-state index contributed by atoms with van der Waals surface area (Å²) >= 11 is 0. The van der Waals surface area contributed by atoms with Gasteiger partial charge in [0.15, 0.2) is 17.8 Å². The van der Waals surface area contributed by atoms with Crippen LogP contribution in [0.25, 0.3) is 0 Å². The van der Waals surface area contributed by atoms with Crippen LogP contribution in [-0.2, 0) is 9.59 Å². The molecular formula is C27H21F3N4O7. The van der Waals surface area contributed by atoms with E-state index in [2.05, 4.69) is 5.32 Å². The normalized spacial score (nSPS) is 15.3. The van der Waals surface area contributed by atoms with Crippen molar-refractivity contribution in [1.29, 1.82) is 0 Å². The number of benzene rings is 3. The van der Waals surface area contributed by atoms with Crippen LogP contribution >= 0.6 is 0 Å². The first kappa shape index (κ1) is 28.7. The Bertz CT molecular complexity index is 1550. The zero-order valence-electron chi connectivity index (χ0n) is 21.0. The highest BCUT2D eigenvalue weighted by Gasteiger charge is 2.44. The molecule has 2 N–H and O–H groups in total. The lowest BCUT2D eigenvalue weighted by molar-refractivity contribution is -0.384. The maximum absolute atomic E-state index is 13.9. The van der Waals surface area contributed by atoms with Crippen molar-refractivity contribution >= 4 is 29.4 Å². The lowest BCUT2D eigenvalue weighted by atomic mass is 10.0. The van der Waals surface area contributed by atoms with E-state index >= 15 is 0 Å². The van der Waals surface area contributed by atoms with Crippen LogP contribution in [0.15, 0.2) is 66.7 Å². The lowest BCUT2D eigenvalue weighted by Gasteiger charge is -2.31. The molecule has 11 nitrogen and oxygen atoms in total. The van der Waals surface area contributed by atoms with E-state index < -0.39 is 64.7 Å².